The molecule has 1 aliphatic carbocycles. The normalized spacial score (nSPS) is 20.0. The van der Waals surface area contributed by atoms with Gasteiger partial charge in [-0.05, 0) is 37.0 Å². The zero-order chi connectivity index (χ0) is 22.2. The number of nitrogens with zero attached hydrogens (tertiary/aromatic N) is 1. The third-order valence-electron chi connectivity index (χ3n) is 4.53. The zero-order valence-corrected chi connectivity index (χ0v) is 16.2. The fourth-order valence-electron chi connectivity index (χ4n) is 2.80. The molecule has 1 aromatic rings. The molecule has 29 heavy (non-hydrogen) atoms. The number of nitrogens with one attached hydrogen (secondary N) is 1. The summed E-state index contributed by atoms with van der Waals surface area (Å²) in [7, 11) is 0. The first-order valence-corrected chi connectivity index (χ1v) is 8.96. The number of allylic oxidation sites excluding steroid dienone is 5. The first-order chi connectivity index (χ1) is 13.3. The molecule has 0 aromatic carbocycles. The topological polar surface area (TPSA) is 28.7 Å². The fourth-order valence-corrected chi connectivity index (χ4v) is 3.08. The molecule has 1 heterocycles. The van der Waals surface area contributed by atoms with Gasteiger partial charge in [0.05, 0.1) is 10.7 Å². The molecule has 160 valence electrons. The minimum atomic E-state index is -6.44. The van der Waals surface area contributed by atoms with E-state index in [0.717, 1.165) is 5.57 Å². The Hall–Kier alpha value is -2.03. The summed E-state index contributed by atoms with van der Waals surface area (Å²) in [6.07, 6.45) is 0.822. The Kier molecular flexibility index (Phi) is 6.42. The van der Waals surface area contributed by atoms with Crippen molar-refractivity contribution in [3.8, 4) is 0 Å². The molecule has 1 aromatic heterocycles. The predicted octanol–water partition coefficient (Wildman–Crippen LogP) is 5.32. The molecule has 0 spiro atoms. The number of H-pyrrole nitrogens is 1. The van der Waals surface area contributed by atoms with Gasteiger partial charge in [0.2, 0.25) is 0 Å². The molecule has 1 aliphatic rings. The molecule has 0 aliphatic heterocycles. The minimum Gasteiger partial charge on any atom is -0.337 e. The van der Waals surface area contributed by atoms with Crippen LogP contribution in [-0.2, 0) is 5.92 Å². The molecule has 0 fully saturated rings. The van der Waals surface area contributed by atoms with Gasteiger partial charge < -0.3 is 4.98 Å². The number of aromatic amines is 1. The van der Waals surface area contributed by atoms with Crippen LogP contribution in [0.3, 0.4) is 0 Å². The van der Waals surface area contributed by atoms with Crippen LogP contribution in [-0.4, -0.2) is 22.1 Å². The van der Waals surface area contributed by atoms with Gasteiger partial charge in [-0.3, -0.25) is 0 Å². The van der Waals surface area contributed by atoms with Crippen molar-refractivity contribution in [2.75, 3.05) is 0 Å². The van der Waals surface area contributed by atoms with Crippen LogP contribution < -0.4 is 10.7 Å². The Balaban J connectivity index is 2.48. The lowest BCUT2D eigenvalue weighted by Gasteiger charge is -2.26. The molecule has 1 N–H and O–H groups in total. The predicted molar refractivity (Wildman–Crippen MR) is 96.9 cm³/mol. The molecule has 0 saturated carbocycles. The summed E-state index contributed by atoms with van der Waals surface area (Å²) >= 11 is 6.08. The number of aromatic nitrogens is 2. The van der Waals surface area contributed by atoms with Crippen molar-refractivity contribution in [3.05, 3.63) is 51.4 Å². The first-order valence-electron chi connectivity index (χ1n) is 8.58. The molecular formula is C19H18ClF7N2. The van der Waals surface area contributed by atoms with Crippen molar-refractivity contribution < 1.29 is 30.7 Å². The van der Waals surface area contributed by atoms with Gasteiger partial charge >= 0.3 is 18.0 Å². The quantitative estimate of drug-likeness (QED) is 0.615. The summed E-state index contributed by atoms with van der Waals surface area (Å²) in [5.41, 5.74) is 1.29. The van der Waals surface area contributed by atoms with Gasteiger partial charge in [-0.15, -0.1) is 0 Å². The van der Waals surface area contributed by atoms with Gasteiger partial charge in [0.1, 0.15) is 0 Å². The van der Waals surface area contributed by atoms with Crippen LogP contribution in [0.5, 0.6) is 0 Å². The lowest BCUT2D eigenvalue weighted by molar-refractivity contribution is -0.361. The number of imidazole rings is 1. The third-order valence-corrected chi connectivity index (χ3v) is 4.93. The van der Waals surface area contributed by atoms with E-state index in [1.807, 2.05) is 18.0 Å². The maximum atomic E-state index is 13.9. The van der Waals surface area contributed by atoms with E-state index in [4.69, 9.17) is 11.6 Å². The Bertz CT molecular complexity index is 968. The van der Waals surface area contributed by atoms with Crippen LogP contribution in [0.25, 0.3) is 12.2 Å². The first kappa shape index (κ1) is 23.3. The molecule has 0 radical (unpaired) electrons. The van der Waals surface area contributed by atoms with E-state index in [0.29, 0.717) is 23.4 Å². The van der Waals surface area contributed by atoms with Crippen molar-refractivity contribution in [3.63, 3.8) is 0 Å². The van der Waals surface area contributed by atoms with Gasteiger partial charge in [-0.2, -0.15) is 30.7 Å². The van der Waals surface area contributed by atoms with E-state index in [-0.39, 0.29) is 16.6 Å². The van der Waals surface area contributed by atoms with Crippen LogP contribution in [0, 0.1) is 5.92 Å². The van der Waals surface area contributed by atoms with Gasteiger partial charge in [-0.1, -0.05) is 43.3 Å². The average molecular weight is 443 g/mol. The summed E-state index contributed by atoms with van der Waals surface area (Å²) in [5, 5.41) is 0.261. The fraction of sp³-hybridized carbons (Fsp3) is 0.421. The SMILES string of the molecule is C=C(/C=c1/[nH]c(C(F)(F)C(F)(F)C(F)(F)F)n/c1=C/C)[C@H]1C=C(CC)C(Cl)=CC1. The molecule has 0 unspecified atom stereocenters. The number of halogens is 8. The number of alkyl halides is 7. The van der Waals surface area contributed by atoms with Crippen LogP contribution in [0.2, 0.25) is 0 Å². The average Bonchev–Trinajstić information content (AvgIpc) is 3.04. The van der Waals surface area contributed by atoms with Gasteiger partial charge in [0.15, 0.2) is 5.82 Å². The molecule has 0 amide bonds. The number of hydrogen-bond donors (Lipinski definition) is 1. The Labute approximate surface area is 167 Å². The molecular weight excluding hydrogens is 425 g/mol. The lowest BCUT2D eigenvalue weighted by atomic mass is 9.89. The second kappa shape index (κ2) is 8.01. The molecule has 10 heteroatoms. The van der Waals surface area contributed by atoms with Gasteiger partial charge in [-0.25, -0.2) is 4.98 Å². The Morgan fingerprint density at radius 2 is 1.90 bits per heavy atom. The highest BCUT2D eigenvalue weighted by Gasteiger charge is 2.74. The molecule has 2 rings (SSSR count). The third kappa shape index (κ3) is 4.29. The van der Waals surface area contributed by atoms with Crippen molar-refractivity contribution in [1.82, 2.24) is 9.97 Å². The largest absolute Gasteiger partial charge is 0.460 e. The Morgan fingerprint density at radius 3 is 2.41 bits per heavy atom. The highest BCUT2D eigenvalue weighted by Crippen LogP contribution is 2.50. The van der Waals surface area contributed by atoms with Crippen molar-refractivity contribution in [2.24, 2.45) is 5.92 Å². The molecule has 1 atom stereocenters. The van der Waals surface area contributed by atoms with Gasteiger partial charge in [0.25, 0.3) is 0 Å². The second-order valence-corrected chi connectivity index (χ2v) is 6.89. The van der Waals surface area contributed by atoms with Gasteiger partial charge in [0, 0.05) is 11.0 Å². The molecule has 0 saturated heterocycles. The minimum absolute atomic E-state index is 0.141. The summed E-state index contributed by atoms with van der Waals surface area (Å²) in [4.78, 5) is 5.16. The number of rotatable bonds is 5. The van der Waals surface area contributed by atoms with E-state index in [2.05, 4.69) is 11.6 Å². The Morgan fingerprint density at radius 1 is 1.28 bits per heavy atom. The van der Waals surface area contributed by atoms with Crippen LogP contribution >= 0.6 is 11.6 Å². The van der Waals surface area contributed by atoms with E-state index in [1.165, 1.54) is 19.1 Å². The second-order valence-electron chi connectivity index (χ2n) is 6.48. The smallest absolute Gasteiger partial charge is 0.337 e. The van der Waals surface area contributed by atoms with E-state index in [1.54, 1.807) is 6.08 Å². The number of hydrogen-bond acceptors (Lipinski definition) is 1. The van der Waals surface area contributed by atoms with Crippen LogP contribution in [0.1, 0.15) is 32.5 Å². The van der Waals surface area contributed by atoms with Crippen molar-refractivity contribution >= 4 is 23.8 Å². The van der Waals surface area contributed by atoms with Crippen molar-refractivity contribution in [2.45, 2.75) is 44.7 Å². The highest BCUT2D eigenvalue weighted by molar-refractivity contribution is 6.32. The summed E-state index contributed by atoms with van der Waals surface area (Å²) < 4.78 is 91.8. The summed E-state index contributed by atoms with van der Waals surface area (Å²) in [5.74, 6) is -13.9. The summed E-state index contributed by atoms with van der Waals surface area (Å²) in [6, 6.07) is 0. The van der Waals surface area contributed by atoms with E-state index >= 15 is 0 Å². The van der Waals surface area contributed by atoms with Crippen LogP contribution in [0.15, 0.2) is 34.9 Å². The zero-order valence-electron chi connectivity index (χ0n) is 15.5. The maximum absolute atomic E-state index is 13.9. The van der Waals surface area contributed by atoms with Crippen LogP contribution in [0.4, 0.5) is 30.7 Å². The summed E-state index contributed by atoms with van der Waals surface area (Å²) in [6.45, 7) is 7.13. The highest BCUT2D eigenvalue weighted by atomic mass is 35.5. The molecule has 0 bridgehead atoms. The van der Waals surface area contributed by atoms with E-state index < -0.39 is 23.8 Å². The standard InChI is InChI=1S/C19H18ClF7N2/c1-4-11-9-12(6-7-13(11)20)10(3)8-15-14(5-2)28-16(29-15)17(21,22)18(23,24)19(25,26)27/h5,7-9,12H,3-4,6H2,1-2H3,(H,28,29)/b14-5+,15-8+/t12-/m1/s1. The van der Waals surface area contributed by atoms with E-state index in [9.17, 15) is 30.7 Å². The molecule has 2 nitrogen and oxygen atoms in total. The lowest BCUT2D eigenvalue weighted by Crippen LogP contribution is -2.50. The monoisotopic (exact) mass is 442 g/mol. The van der Waals surface area contributed by atoms with Crippen molar-refractivity contribution in [1.29, 1.82) is 0 Å². The maximum Gasteiger partial charge on any atom is 0.460 e.